The number of Topliss-reactive ketones (excluding diaryl/α,β-unsaturated/α-hetero) is 1. The highest BCUT2D eigenvalue weighted by Crippen LogP contribution is 2.28. The first kappa shape index (κ1) is 15.6. The van der Waals surface area contributed by atoms with Crippen LogP contribution in [0.15, 0.2) is 53.4 Å². The van der Waals surface area contributed by atoms with Gasteiger partial charge in [0.05, 0.1) is 7.11 Å². The highest BCUT2D eigenvalue weighted by atomic mass is 32.2. The van der Waals surface area contributed by atoms with Gasteiger partial charge in [0.15, 0.2) is 5.78 Å². The molecular weight excluding hydrogens is 280 g/mol. The van der Waals surface area contributed by atoms with E-state index < -0.39 is 0 Å². The Labute approximate surface area is 130 Å². The van der Waals surface area contributed by atoms with E-state index in [-0.39, 0.29) is 11.7 Å². The standard InChI is InChI=1S/C18H20O2S/c1-13(2)18(19)14-8-10-16(11-9-14)21-12-15-6-4-5-7-17(15)20-3/h4-11,13H,12H2,1-3H3. The normalized spacial score (nSPS) is 10.7. The number of methoxy groups -OCH3 is 1. The van der Waals surface area contributed by atoms with Crippen molar-refractivity contribution in [3.05, 3.63) is 59.7 Å². The zero-order chi connectivity index (χ0) is 15.2. The molecule has 0 spiro atoms. The molecule has 0 radical (unpaired) electrons. The summed E-state index contributed by atoms with van der Waals surface area (Å²) in [6.45, 7) is 3.85. The lowest BCUT2D eigenvalue weighted by atomic mass is 10.0. The number of thioether (sulfide) groups is 1. The van der Waals surface area contributed by atoms with E-state index in [4.69, 9.17) is 4.74 Å². The number of ether oxygens (including phenoxy) is 1. The maximum Gasteiger partial charge on any atom is 0.165 e. The molecule has 2 aromatic rings. The second kappa shape index (κ2) is 7.32. The fraction of sp³-hybridized carbons (Fsp3) is 0.278. The molecule has 0 saturated carbocycles. The van der Waals surface area contributed by atoms with Crippen molar-refractivity contribution >= 4 is 17.5 Å². The lowest BCUT2D eigenvalue weighted by Crippen LogP contribution is -2.06. The highest BCUT2D eigenvalue weighted by molar-refractivity contribution is 7.98. The van der Waals surface area contributed by atoms with Crippen molar-refractivity contribution in [3.8, 4) is 5.75 Å². The minimum absolute atomic E-state index is 0.0390. The van der Waals surface area contributed by atoms with Crippen LogP contribution in [0.1, 0.15) is 29.8 Å². The van der Waals surface area contributed by atoms with Crippen molar-refractivity contribution in [1.29, 1.82) is 0 Å². The second-order valence-electron chi connectivity index (χ2n) is 5.14. The third-order valence-corrected chi connectivity index (χ3v) is 4.31. The van der Waals surface area contributed by atoms with Gasteiger partial charge in [0.2, 0.25) is 0 Å². The summed E-state index contributed by atoms with van der Waals surface area (Å²) in [6.07, 6.45) is 0. The Bertz CT molecular complexity index is 603. The van der Waals surface area contributed by atoms with Crippen LogP contribution in [0.5, 0.6) is 5.75 Å². The zero-order valence-corrected chi connectivity index (χ0v) is 13.4. The van der Waals surface area contributed by atoms with Gasteiger partial charge in [-0.15, -0.1) is 11.8 Å². The molecule has 0 fully saturated rings. The fourth-order valence-corrected chi connectivity index (χ4v) is 2.92. The van der Waals surface area contributed by atoms with Gasteiger partial charge in [-0.3, -0.25) is 4.79 Å². The first-order chi connectivity index (χ1) is 10.1. The van der Waals surface area contributed by atoms with Crippen molar-refractivity contribution < 1.29 is 9.53 Å². The van der Waals surface area contributed by atoms with E-state index in [1.165, 1.54) is 5.56 Å². The summed E-state index contributed by atoms with van der Waals surface area (Å²) in [4.78, 5) is 13.0. The molecule has 110 valence electrons. The molecule has 0 bridgehead atoms. The maximum atomic E-state index is 11.9. The number of ketones is 1. The van der Waals surface area contributed by atoms with Gasteiger partial charge < -0.3 is 4.74 Å². The summed E-state index contributed by atoms with van der Waals surface area (Å²) in [7, 11) is 1.69. The van der Waals surface area contributed by atoms with E-state index in [1.807, 2.05) is 56.3 Å². The minimum Gasteiger partial charge on any atom is -0.496 e. The van der Waals surface area contributed by atoms with Crippen LogP contribution in [-0.2, 0) is 5.75 Å². The first-order valence-electron chi connectivity index (χ1n) is 7.00. The van der Waals surface area contributed by atoms with Crippen molar-refractivity contribution in [3.63, 3.8) is 0 Å². The minimum atomic E-state index is 0.0390. The molecule has 0 aliphatic rings. The highest BCUT2D eigenvalue weighted by Gasteiger charge is 2.10. The van der Waals surface area contributed by atoms with Crippen LogP contribution < -0.4 is 4.74 Å². The molecule has 0 aliphatic heterocycles. The molecule has 0 unspecified atom stereocenters. The van der Waals surface area contributed by atoms with Crippen molar-refractivity contribution in [2.24, 2.45) is 5.92 Å². The Morgan fingerprint density at radius 3 is 2.38 bits per heavy atom. The van der Waals surface area contributed by atoms with Crippen LogP contribution in [-0.4, -0.2) is 12.9 Å². The van der Waals surface area contributed by atoms with Crippen molar-refractivity contribution in [2.45, 2.75) is 24.5 Å². The largest absolute Gasteiger partial charge is 0.496 e. The summed E-state index contributed by atoms with van der Waals surface area (Å²) >= 11 is 1.74. The van der Waals surface area contributed by atoms with E-state index in [0.29, 0.717) is 0 Å². The van der Waals surface area contributed by atoms with E-state index in [1.54, 1.807) is 18.9 Å². The molecule has 0 N–H and O–H groups in total. The molecular formula is C18H20O2S. The lowest BCUT2D eigenvalue weighted by molar-refractivity contribution is 0.0939. The topological polar surface area (TPSA) is 26.3 Å². The molecule has 3 heteroatoms. The number of hydrogen-bond donors (Lipinski definition) is 0. The first-order valence-corrected chi connectivity index (χ1v) is 7.99. The number of benzene rings is 2. The smallest absolute Gasteiger partial charge is 0.165 e. The average molecular weight is 300 g/mol. The van der Waals surface area contributed by atoms with Crippen molar-refractivity contribution in [2.75, 3.05) is 7.11 Å². The van der Waals surface area contributed by atoms with E-state index in [9.17, 15) is 4.79 Å². The summed E-state index contributed by atoms with van der Waals surface area (Å²) in [5.41, 5.74) is 1.96. The van der Waals surface area contributed by atoms with Gasteiger partial charge in [0.1, 0.15) is 5.75 Å². The average Bonchev–Trinajstić information content (AvgIpc) is 2.52. The Balaban J connectivity index is 2.02. The molecule has 2 rings (SSSR count). The molecule has 2 nitrogen and oxygen atoms in total. The third-order valence-electron chi connectivity index (χ3n) is 3.25. The molecule has 0 aliphatic carbocycles. The molecule has 0 heterocycles. The molecule has 0 saturated heterocycles. The molecule has 0 aromatic heterocycles. The van der Waals surface area contributed by atoms with Gasteiger partial charge in [0.25, 0.3) is 0 Å². The fourth-order valence-electron chi connectivity index (χ4n) is 2.03. The van der Waals surface area contributed by atoms with Gasteiger partial charge in [-0.2, -0.15) is 0 Å². The van der Waals surface area contributed by atoms with Gasteiger partial charge in [-0.05, 0) is 18.2 Å². The Hall–Kier alpha value is -1.74. The monoisotopic (exact) mass is 300 g/mol. The zero-order valence-electron chi connectivity index (χ0n) is 12.6. The lowest BCUT2D eigenvalue weighted by Gasteiger charge is -2.08. The van der Waals surface area contributed by atoms with Crippen LogP contribution >= 0.6 is 11.8 Å². The Morgan fingerprint density at radius 2 is 1.76 bits per heavy atom. The van der Waals surface area contributed by atoms with E-state index in [0.717, 1.165) is 22.0 Å². The predicted octanol–water partition coefficient (Wildman–Crippen LogP) is 4.83. The summed E-state index contributed by atoms with van der Waals surface area (Å²) in [6, 6.07) is 15.9. The maximum absolute atomic E-state index is 11.9. The van der Waals surface area contributed by atoms with E-state index in [2.05, 4.69) is 6.07 Å². The molecule has 2 aromatic carbocycles. The summed E-state index contributed by atoms with van der Waals surface area (Å²) in [5.74, 6) is 1.99. The van der Waals surface area contributed by atoms with Gasteiger partial charge >= 0.3 is 0 Å². The quantitative estimate of drug-likeness (QED) is 0.565. The van der Waals surface area contributed by atoms with Crippen LogP contribution in [0, 0.1) is 5.92 Å². The number of carbonyl (C=O) groups is 1. The summed E-state index contributed by atoms with van der Waals surface area (Å²) in [5, 5.41) is 0. The summed E-state index contributed by atoms with van der Waals surface area (Å²) < 4.78 is 5.35. The number of para-hydroxylation sites is 1. The van der Waals surface area contributed by atoms with Crippen LogP contribution in [0.4, 0.5) is 0 Å². The molecule has 0 atom stereocenters. The van der Waals surface area contributed by atoms with Crippen LogP contribution in [0.3, 0.4) is 0 Å². The van der Waals surface area contributed by atoms with Crippen LogP contribution in [0.25, 0.3) is 0 Å². The van der Waals surface area contributed by atoms with Gasteiger partial charge in [-0.25, -0.2) is 0 Å². The number of rotatable bonds is 6. The molecule has 0 amide bonds. The Kier molecular flexibility index (Phi) is 5.45. The Morgan fingerprint density at radius 1 is 1.10 bits per heavy atom. The van der Waals surface area contributed by atoms with Gasteiger partial charge in [-0.1, -0.05) is 44.2 Å². The van der Waals surface area contributed by atoms with E-state index >= 15 is 0 Å². The molecule has 21 heavy (non-hydrogen) atoms. The predicted molar refractivity (Wildman–Crippen MR) is 88.2 cm³/mol. The van der Waals surface area contributed by atoms with Crippen LogP contribution in [0.2, 0.25) is 0 Å². The second-order valence-corrected chi connectivity index (χ2v) is 6.19. The number of carbonyl (C=O) groups excluding carboxylic acids is 1. The SMILES string of the molecule is COc1ccccc1CSc1ccc(C(=O)C(C)C)cc1. The number of hydrogen-bond acceptors (Lipinski definition) is 3. The third kappa shape index (κ3) is 4.11. The van der Waals surface area contributed by atoms with Crippen molar-refractivity contribution in [1.82, 2.24) is 0 Å². The van der Waals surface area contributed by atoms with Gasteiger partial charge in [0, 0.05) is 27.7 Å².